The molecule has 3 heterocycles. The smallest absolute Gasteiger partial charge is 0.249 e. The van der Waals surface area contributed by atoms with Crippen LogP contribution in [0.3, 0.4) is 0 Å². The molecule has 0 unspecified atom stereocenters. The first-order chi connectivity index (χ1) is 10.4. The van der Waals surface area contributed by atoms with Crippen LogP contribution in [-0.2, 0) is 16.6 Å². The molecule has 8 heteroatoms. The van der Waals surface area contributed by atoms with E-state index in [1.807, 2.05) is 6.92 Å². The van der Waals surface area contributed by atoms with E-state index >= 15 is 0 Å². The Morgan fingerprint density at radius 2 is 1.95 bits per heavy atom. The number of sulfonamides is 1. The van der Waals surface area contributed by atoms with Gasteiger partial charge in [0.25, 0.3) is 0 Å². The van der Waals surface area contributed by atoms with Crippen LogP contribution in [-0.4, -0.2) is 40.0 Å². The normalized spacial score (nSPS) is 18.1. The minimum atomic E-state index is -3.55. The van der Waals surface area contributed by atoms with E-state index in [9.17, 15) is 13.2 Å². The van der Waals surface area contributed by atoms with Gasteiger partial charge in [0.15, 0.2) is 5.65 Å². The van der Waals surface area contributed by atoms with Gasteiger partial charge < -0.3 is 0 Å². The number of nitrogens with zero attached hydrogens (tertiary/aromatic N) is 4. The van der Waals surface area contributed by atoms with Gasteiger partial charge in [0.1, 0.15) is 0 Å². The lowest BCUT2D eigenvalue weighted by Gasteiger charge is -2.29. The highest BCUT2D eigenvalue weighted by Crippen LogP contribution is 2.23. The van der Waals surface area contributed by atoms with Crippen molar-refractivity contribution in [3.8, 4) is 0 Å². The number of piperidine rings is 1. The minimum Gasteiger partial charge on any atom is -0.249 e. The van der Waals surface area contributed by atoms with Crippen molar-refractivity contribution in [2.45, 2.75) is 38.1 Å². The molecule has 3 rings (SSSR count). The Morgan fingerprint density at radius 3 is 2.59 bits per heavy atom. The zero-order chi connectivity index (χ0) is 15.9. The van der Waals surface area contributed by atoms with E-state index in [1.165, 1.54) is 25.7 Å². The molecule has 22 heavy (non-hydrogen) atoms. The van der Waals surface area contributed by atoms with Crippen molar-refractivity contribution in [1.82, 2.24) is 18.5 Å². The van der Waals surface area contributed by atoms with Gasteiger partial charge in [-0.3, -0.25) is 0 Å². The summed E-state index contributed by atoms with van der Waals surface area (Å²) >= 11 is 0. The highest BCUT2D eigenvalue weighted by molar-refractivity contribution is 7.89. The number of pyridine rings is 1. The minimum absolute atomic E-state index is 0.146. The van der Waals surface area contributed by atoms with Crippen molar-refractivity contribution in [1.29, 1.82) is 0 Å². The zero-order valence-electron chi connectivity index (χ0n) is 12.8. The molecule has 1 aliphatic rings. The van der Waals surface area contributed by atoms with E-state index in [-0.39, 0.29) is 10.6 Å². The van der Waals surface area contributed by atoms with Crippen LogP contribution in [0.4, 0.5) is 0 Å². The second-order valence-corrected chi connectivity index (χ2v) is 7.72. The molecule has 0 saturated carbocycles. The van der Waals surface area contributed by atoms with Crippen molar-refractivity contribution in [2.24, 2.45) is 5.92 Å². The van der Waals surface area contributed by atoms with Crippen molar-refractivity contribution in [3.05, 3.63) is 28.8 Å². The predicted octanol–water partition coefficient (Wildman–Crippen LogP) is 0.937. The summed E-state index contributed by atoms with van der Waals surface area (Å²) in [7, 11) is -3.55. The number of fused-ring (bicyclic) bond motifs is 1. The van der Waals surface area contributed by atoms with Gasteiger partial charge in [0.05, 0.1) is 4.90 Å². The molecule has 0 amide bonds. The van der Waals surface area contributed by atoms with Crippen LogP contribution in [0.15, 0.2) is 28.0 Å². The predicted molar refractivity (Wildman–Crippen MR) is 82.3 cm³/mol. The number of aryl methyl sites for hydroxylation is 1. The summed E-state index contributed by atoms with van der Waals surface area (Å²) in [6, 6.07) is 3.10. The molecule has 0 atom stereocenters. The van der Waals surface area contributed by atoms with Crippen molar-refractivity contribution in [3.63, 3.8) is 0 Å². The van der Waals surface area contributed by atoms with E-state index in [0.717, 1.165) is 12.8 Å². The monoisotopic (exact) mass is 324 g/mol. The Kier molecular flexibility index (Phi) is 3.82. The average molecular weight is 324 g/mol. The molecule has 0 radical (unpaired) electrons. The summed E-state index contributed by atoms with van der Waals surface area (Å²) in [5.41, 5.74) is 0.139. The van der Waals surface area contributed by atoms with Crippen LogP contribution in [0.2, 0.25) is 0 Å². The Hall–Kier alpha value is -1.67. The molecule has 0 N–H and O–H groups in total. The quantitative estimate of drug-likeness (QED) is 0.842. The third-order valence-corrected chi connectivity index (χ3v) is 6.11. The lowest BCUT2D eigenvalue weighted by Crippen LogP contribution is -2.38. The van der Waals surface area contributed by atoms with E-state index in [1.54, 1.807) is 6.07 Å². The SMILES string of the molecule is CCn1nc2ccc(S(=O)(=O)N3CCC(C)CC3)cn2c1=O. The van der Waals surface area contributed by atoms with Crippen LogP contribution >= 0.6 is 0 Å². The van der Waals surface area contributed by atoms with Gasteiger partial charge >= 0.3 is 5.69 Å². The number of hydrogen-bond acceptors (Lipinski definition) is 4. The summed E-state index contributed by atoms with van der Waals surface area (Å²) in [6.45, 7) is 5.47. The molecular weight excluding hydrogens is 304 g/mol. The third kappa shape index (κ3) is 2.46. The lowest BCUT2D eigenvalue weighted by molar-refractivity contribution is 0.288. The molecule has 0 aliphatic carbocycles. The number of aromatic nitrogens is 3. The molecule has 0 spiro atoms. The van der Waals surface area contributed by atoms with Crippen LogP contribution < -0.4 is 5.69 Å². The fourth-order valence-electron chi connectivity index (χ4n) is 2.73. The summed E-state index contributed by atoms with van der Waals surface area (Å²) in [6.07, 6.45) is 3.12. The van der Waals surface area contributed by atoms with Crippen LogP contribution in [0.25, 0.3) is 5.65 Å². The van der Waals surface area contributed by atoms with Gasteiger partial charge in [-0.25, -0.2) is 22.3 Å². The summed E-state index contributed by atoms with van der Waals surface area (Å²) in [5, 5.41) is 4.14. The highest BCUT2D eigenvalue weighted by atomic mass is 32.2. The van der Waals surface area contributed by atoms with Gasteiger partial charge in [0.2, 0.25) is 10.0 Å². The maximum atomic E-state index is 12.7. The van der Waals surface area contributed by atoms with Crippen LogP contribution in [0.5, 0.6) is 0 Å². The van der Waals surface area contributed by atoms with Crippen molar-refractivity contribution < 1.29 is 8.42 Å². The second-order valence-electron chi connectivity index (χ2n) is 5.78. The summed E-state index contributed by atoms with van der Waals surface area (Å²) < 4.78 is 29.5. The zero-order valence-corrected chi connectivity index (χ0v) is 13.6. The van der Waals surface area contributed by atoms with Crippen LogP contribution in [0.1, 0.15) is 26.7 Å². The number of rotatable bonds is 3. The largest absolute Gasteiger partial charge is 0.350 e. The van der Waals surface area contributed by atoms with Crippen molar-refractivity contribution >= 4 is 15.7 Å². The molecule has 0 bridgehead atoms. The van der Waals surface area contributed by atoms with Gasteiger partial charge in [-0.15, -0.1) is 5.10 Å². The Labute approximate surface area is 129 Å². The van der Waals surface area contributed by atoms with Gasteiger partial charge in [-0.2, -0.15) is 4.31 Å². The van der Waals surface area contributed by atoms with Gasteiger partial charge in [-0.1, -0.05) is 6.92 Å². The Balaban J connectivity index is 2.02. The lowest BCUT2D eigenvalue weighted by atomic mass is 10.0. The summed E-state index contributed by atoms with van der Waals surface area (Å²) in [5.74, 6) is 0.555. The number of hydrogen-bond donors (Lipinski definition) is 0. The van der Waals surface area contributed by atoms with E-state index < -0.39 is 10.0 Å². The molecule has 2 aromatic rings. The van der Waals surface area contributed by atoms with Gasteiger partial charge in [0, 0.05) is 25.8 Å². The van der Waals surface area contributed by atoms with Crippen molar-refractivity contribution in [2.75, 3.05) is 13.1 Å². The fraction of sp³-hybridized carbons (Fsp3) is 0.571. The average Bonchev–Trinajstić information content (AvgIpc) is 2.83. The first-order valence-electron chi connectivity index (χ1n) is 7.53. The fourth-order valence-corrected chi connectivity index (χ4v) is 4.20. The second kappa shape index (κ2) is 5.51. The van der Waals surface area contributed by atoms with Crippen LogP contribution in [0, 0.1) is 5.92 Å². The van der Waals surface area contributed by atoms with E-state index in [2.05, 4.69) is 12.0 Å². The molecular formula is C14H20N4O3S. The molecule has 1 saturated heterocycles. The molecule has 2 aromatic heterocycles. The standard InChI is InChI=1S/C14H20N4O3S/c1-3-18-14(19)17-10-12(4-5-13(17)15-18)22(20,21)16-8-6-11(2)7-9-16/h4-5,10-11H,3,6-9H2,1-2H3. The third-order valence-electron chi connectivity index (χ3n) is 4.23. The Morgan fingerprint density at radius 1 is 1.27 bits per heavy atom. The Bertz CT molecular complexity index is 845. The first-order valence-corrected chi connectivity index (χ1v) is 8.97. The summed E-state index contributed by atoms with van der Waals surface area (Å²) in [4.78, 5) is 12.3. The van der Waals surface area contributed by atoms with Gasteiger partial charge in [-0.05, 0) is 37.8 Å². The topological polar surface area (TPSA) is 76.7 Å². The van der Waals surface area contributed by atoms with E-state index in [4.69, 9.17) is 0 Å². The maximum Gasteiger partial charge on any atom is 0.350 e. The maximum absolute atomic E-state index is 12.7. The molecule has 7 nitrogen and oxygen atoms in total. The molecule has 1 fully saturated rings. The van der Waals surface area contributed by atoms with E-state index in [0.29, 0.717) is 31.2 Å². The first kappa shape index (κ1) is 15.2. The molecule has 0 aromatic carbocycles. The molecule has 1 aliphatic heterocycles. The highest BCUT2D eigenvalue weighted by Gasteiger charge is 2.28. The molecule has 120 valence electrons.